The molecule has 0 N–H and O–H groups in total. The average Bonchev–Trinajstić information content (AvgIpc) is 3.06. The summed E-state index contributed by atoms with van der Waals surface area (Å²) in [4.78, 5) is 14.2. The molecule has 0 spiro atoms. The lowest BCUT2D eigenvalue weighted by molar-refractivity contribution is -0.142. The van der Waals surface area contributed by atoms with Crippen LogP contribution in [-0.4, -0.2) is 47.4 Å². The van der Waals surface area contributed by atoms with Gasteiger partial charge in [0.05, 0.1) is 32.8 Å². The van der Waals surface area contributed by atoms with E-state index in [0.717, 1.165) is 5.56 Å². The number of morpholine rings is 1. The molecule has 2 aromatic rings. The van der Waals surface area contributed by atoms with Gasteiger partial charge in [0.2, 0.25) is 17.7 Å². The number of nitrogens with zero attached hydrogens (tertiary/aromatic N) is 3. The Kier molecular flexibility index (Phi) is 5.55. The van der Waals surface area contributed by atoms with E-state index >= 15 is 0 Å². The van der Waals surface area contributed by atoms with Crippen molar-refractivity contribution in [2.75, 3.05) is 26.4 Å². The lowest BCUT2D eigenvalue weighted by Gasteiger charge is -2.33. The van der Waals surface area contributed by atoms with E-state index in [4.69, 9.17) is 13.9 Å². The van der Waals surface area contributed by atoms with Crippen LogP contribution in [0.2, 0.25) is 0 Å². The van der Waals surface area contributed by atoms with Gasteiger partial charge in [0, 0.05) is 13.5 Å². The largest absolute Gasteiger partial charge is 0.423 e. The minimum Gasteiger partial charge on any atom is -0.423 e. The quantitative estimate of drug-likeness (QED) is 0.752. The summed E-state index contributed by atoms with van der Waals surface area (Å²) in [6.07, 6.45) is 0.316. The zero-order valence-corrected chi connectivity index (χ0v) is 13.7. The topological polar surface area (TPSA) is 77.7 Å². The normalized spacial score (nSPS) is 17.9. The van der Waals surface area contributed by atoms with Gasteiger partial charge >= 0.3 is 0 Å². The van der Waals surface area contributed by atoms with Crippen molar-refractivity contribution in [1.29, 1.82) is 0 Å². The van der Waals surface area contributed by atoms with Gasteiger partial charge in [-0.2, -0.15) is 0 Å². The number of rotatable bonds is 6. The van der Waals surface area contributed by atoms with Gasteiger partial charge in [-0.25, -0.2) is 0 Å². The van der Waals surface area contributed by atoms with Gasteiger partial charge in [-0.15, -0.1) is 10.2 Å². The first kappa shape index (κ1) is 16.6. The van der Waals surface area contributed by atoms with Crippen LogP contribution in [0.4, 0.5) is 0 Å². The average molecular weight is 331 g/mol. The van der Waals surface area contributed by atoms with E-state index in [-0.39, 0.29) is 11.9 Å². The number of hydrogen-bond acceptors (Lipinski definition) is 6. The highest BCUT2D eigenvalue weighted by Gasteiger charge is 2.32. The second-order valence-electron chi connectivity index (χ2n) is 5.63. The van der Waals surface area contributed by atoms with Crippen LogP contribution >= 0.6 is 0 Å². The molecule has 7 heteroatoms. The fourth-order valence-electron chi connectivity index (χ4n) is 2.62. The lowest BCUT2D eigenvalue weighted by atomic mass is 10.2. The Hall–Kier alpha value is -2.25. The summed E-state index contributed by atoms with van der Waals surface area (Å²) < 4.78 is 16.5. The number of hydrogen-bond donors (Lipinski definition) is 0. The summed E-state index contributed by atoms with van der Waals surface area (Å²) >= 11 is 0. The highest BCUT2D eigenvalue weighted by molar-refractivity contribution is 5.76. The van der Waals surface area contributed by atoms with Crippen molar-refractivity contribution in [2.45, 2.75) is 26.0 Å². The predicted molar refractivity (Wildman–Crippen MR) is 85.0 cm³/mol. The molecule has 0 bridgehead atoms. The fraction of sp³-hybridized carbons (Fsp3) is 0.471. The second-order valence-corrected chi connectivity index (χ2v) is 5.63. The lowest BCUT2D eigenvalue weighted by Crippen LogP contribution is -2.43. The summed E-state index contributed by atoms with van der Waals surface area (Å²) in [5.41, 5.74) is 1.09. The molecule has 1 aliphatic rings. The molecule has 1 aromatic carbocycles. The summed E-state index contributed by atoms with van der Waals surface area (Å²) in [6, 6.07) is 9.57. The molecule has 3 rings (SSSR count). The Morgan fingerprint density at radius 2 is 2.17 bits per heavy atom. The van der Waals surface area contributed by atoms with Crippen molar-refractivity contribution >= 4 is 5.91 Å². The van der Waals surface area contributed by atoms with E-state index in [1.807, 2.05) is 30.3 Å². The Bertz CT molecular complexity index is 659. The summed E-state index contributed by atoms with van der Waals surface area (Å²) in [7, 11) is 0. The number of aromatic nitrogens is 2. The highest BCUT2D eigenvalue weighted by atomic mass is 16.5. The monoisotopic (exact) mass is 331 g/mol. The van der Waals surface area contributed by atoms with E-state index in [1.54, 1.807) is 11.8 Å². The molecule has 1 amide bonds. The molecule has 0 radical (unpaired) electrons. The van der Waals surface area contributed by atoms with E-state index in [1.165, 1.54) is 0 Å². The van der Waals surface area contributed by atoms with Crippen LogP contribution in [0.15, 0.2) is 34.7 Å². The van der Waals surface area contributed by atoms with Crippen LogP contribution in [0.3, 0.4) is 0 Å². The molecule has 1 unspecified atom stereocenters. The van der Waals surface area contributed by atoms with E-state index in [2.05, 4.69) is 10.2 Å². The van der Waals surface area contributed by atoms with Gasteiger partial charge in [-0.05, 0) is 5.56 Å². The number of benzene rings is 1. The van der Waals surface area contributed by atoms with Crippen LogP contribution in [-0.2, 0) is 20.9 Å². The molecule has 2 heterocycles. The van der Waals surface area contributed by atoms with E-state index < -0.39 is 0 Å². The molecule has 128 valence electrons. The molecular weight excluding hydrogens is 310 g/mol. The van der Waals surface area contributed by atoms with E-state index in [9.17, 15) is 4.79 Å². The van der Waals surface area contributed by atoms with Gasteiger partial charge in [0.25, 0.3) is 0 Å². The van der Waals surface area contributed by atoms with Crippen molar-refractivity contribution in [3.8, 4) is 0 Å². The van der Waals surface area contributed by atoms with Gasteiger partial charge in [0.15, 0.2) is 0 Å². The minimum absolute atomic E-state index is 0.00668. The van der Waals surface area contributed by atoms with Crippen molar-refractivity contribution in [1.82, 2.24) is 15.1 Å². The van der Waals surface area contributed by atoms with Gasteiger partial charge in [-0.1, -0.05) is 30.3 Å². The summed E-state index contributed by atoms with van der Waals surface area (Å²) in [5, 5.41) is 7.85. The van der Waals surface area contributed by atoms with Crippen LogP contribution in [0.1, 0.15) is 29.8 Å². The fourth-order valence-corrected chi connectivity index (χ4v) is 2.62. The number of aryl methyl sites for hydroxylation is 1. The SMILES string of the molecule is Cc1nnc(C2COCCN2C(=O)CCOCc2ccccc2)o1. The summed E-state index contributed by atoms with van der Waals surface area (Å²) in [6.45, 7) is 4.01. The molecular formula is C17H21N3O4. The zero-order chi connectivity index (χ0) is 16.8. The number of carbonyl (C=O) groups is 1. The first-order chi connectivity index (χ1) is 11.7. The molecule has 1 fully saturated rings. The highest BCUT2D eigenvalue weighted by Crippen LogP contribution is 2.23. The van der Waals surface area contributed by atoms with Crippen molar-refractivity contribution < 1.29 is 18.7 Å². The minimum atomic E-state index is -0.318. The van der Waals surface area contributed by atoms with Crippen molar-refractivity contribution in [3.63, 3.8) is 0 Å². The Balaban J connectivity index is 1.51. The first-order valence-corrected chi connectivity index (χ1v) is 8.03. The molecule has 1 aromatic heterocycles. The molecule has 1 aliphatic heterocycles. The molecule has 0 saturated carbocycles. The molecule has 24 heavy (non-hydrogen) atoms. The first-order valence-electron chi connectivity index (χ1n) is 8.03. The van der Waals surface area contributed by atoms with Crippen molar-refractivity contribution in [2.24, 2.45) is 0 Å². The Morgan fingerprint density at radius 3 is 2.92 bits per heavy atom. The third-order valence-corrected chi connectivity index (χ3v) is 3.85. The maximum absolute atomic E-state index is 12.5. The van der Waals surface area contributed by atoms with Crippen LogP contribution < -0.4 is 0 Å². The predicted octanol–water partition coefficient (Wildman–Crippen LogP) is 1.88. The van der Waals surface area contributed by atoms with Gasteiger partial charge in [-0.3, -0.25) is 4.79 Å². The van der Waals surface area contributed by atoms with E-state index in [0.29, 0.717) is 51.2 Å². The molecule has 7 nitrogen and oxygen atoms in total. The molecule has 1 saturated heterocycles. The van der Waals surface area contributed by atoms with Crippen molar-refractivity contribution in [3.05, 3.63) is 47.7 Å². The standard InChI is InChI=1S/C17H21N3O4/c1-13-18-19-17(24-13)15-12-23-10-8-20(15)16(21)7-9-22-11-14-5-3-2-4-6-14/h2-6,15H,7-12H2,1H3. The molecule has 1 atom stereocenters. The third kappa shape index (κ3) is 4.18. The smallest absolute Gasteiger partial charge is 0.241 e. The number of carbonyl (C=O) groups excluding carboxylic acids is 1. The maximum Gasteiger partial charge on any atom is 0.241 e. The van der Waals surface area contributed by atoms with Crippen LogP contribution in [0.25, 0.3) is 0 Å². The van der Waals surface area contributed by atoms with Gasteiger partial charge in [0.1, 0.15) is 6.04 Å². The van der Waals surface area contributed by atoms with Gasteiger partial charge < -0.3 is 18.8 Å². The van der Waals surface area contributed by atoms with Crippen LogP contribution in [0.5, 0.6) is 0 Å². The Labute approximate surface area is 140 Å². The molecule has 0 aliphatic carbocycles. The number of ether oxygens (including phenoxy) is 2. The Morgan fingerprint density at radius 1 is 1.33 bits per heavy atom. The third-order valence-electron chi connectivity index (χ3n) is 3.85. The maximum atomic E-state index is 12.5. The zero-order valence-electron chi connectivity index (χ0n) is 13.7. The number of amides is 1. The van der Waals surface area contributed by atoms with Crippen LogP contribution in [0, 0.1) is 6.92 Å². The second kappa shape index (κ2) is 8.03. The summed E-state index contributed by atoms with van der Waals surface area (Å²) in [5.74, 6) is 0.909.